The number of methoxy groups -OCH3 is 1. The predicted octanol–water partition coefficient (Wildman–Crippen LogP) is 3.73. The molecule has 0 atom stereocenters. The maximum Gasteiger partial charge on any atom is 0.341 e. The number of thiophene rings is 1. The number of anilines is 2. The Balaban J connectivity index is 1.73. The molecule has 27 heavy (non-hydrogen) atoms. The Morgan fingerprint density at radius 1 is 1.26 bits per heavy atom. The van der Waals surface area contributed by atoms with E-state index >= 15 is 0 Å². The van der Waals surface area contributed by atoms with E-state index in [1.807, 2.05) is 0 Å². The van der Waals surface area contributed by atoms with E-state index in [0.29, 0.717) is 21.8 Å². The van der Waals surface area contributed by atoms with Gasteiger partial charge in [-0.05, 0) is 49.4 Å². The quantitative estimate of drug-likeness (QED) is 0.606. The standard InChI is InChI=1S/C20H21N3O3S/c1-26-20(25)18-15-8-3-2-4-9-16(15)27-19(18)23-17(24)12-22-14-7-5-6-13(10-14)11-21/h5-7,10,22H,2-4,8-9,12H2,1H3,(H,23,24). The zero-order chi connectivity index (χ0) is 19.2. The van der Waals surface area contributed by atoms with Gasteiger partial charge in [-0.3, -0.25) is 4.79 Å². The highest BCUT2D eigenvalue weighted by molar-refractivity contribution is 7.17. The third-order valence-electron chi connectivity index (χ3n) is 4.51. The molecule has 1 aromatic carbocycles. The van der Waals surface area contributed by atoms with Crippen molar-refractivity contribution in [2.24, 2.45) is 0 Å². The van der Waals surface area contributed by atoms with E-state index in [1.165, 1.54) is 18.4 Å². The van der Waals surface area contributed by atoms with Crippen molar-refractivity contribution in [1.29, 1.82) is 5.26 Å². The third-order valence-corrected chi connectivity index (χ3v) is 5.72. The van der Waals surface area contributed by atoms with Crippen molar-refractivity contribution >= 4 is 33.9 Å². The first-order valence-electron chi connectivity index (χ1n) is 8.89. The Hall–Kier alpha value is -2.85. The molecule has 7 heteroatoms. The van der Waals surface area contributed by atoms with Crippen molar-refractivity contribution in [1.82, 2.24) is 0 Å². The van der Waals surface area contributed by atoms with E-state index in [9.17, 15) is 9.59 Å². The molecule has 1 aromatic heterocycles. The first-order chi connectivity index (χ1) is 13.1. The van der Waals surface area contributed by atoms with Gasteiger partial charge < -0.3 is 15.4 Å². The van der Waals surface area contributed by atoms with Gasteiger partial charge in [0, 0.05) is 10.6 Å². The van der Waals surface area contributed by atoms with E-state index in [1.54, 1.807) is 24.3 Å². The molecule has 0 saturated carbocycles. The molecule has 6 nitrogen and oxygen atoms in total. The van der Waals surface area contributed by atoms with Gasteiger partial charge in [-0.1, -0.05) is 12.5 Å². The maximum atomic E-state index is 12.4. The fourth-order valence-corrected chi connectivity index (χ4v) is 4.49. The monoisotopic (exact) mass is 383 g/mol. The molecular formula is C20H21N3O3S. The van der Waals surface area contributed by atoms with Crippen LogP contribution < -0.4 is 10.6 Å². The maximum absolute atomic E-state index is 12.4. The summed E-state index contributed by atoms with van der Waals surface area (Å²) in [4.78, 5) is 25.9. The van der Waals surface area contributed by atoms with Gasteiger partial charge in [0.25, 0.3) is 0 Å². The number of hydrogen-bond acceptors (Lipinski definition) is 6. The summed E-state index contributed by atoms with van der Waals surface area (Å²) in [6.45, 7) is 0.0397. The van der Waals surface area contributed by atoms with Crippen LogP contribution >= 0.6 is 11.3 Å². The molecule has 2 N–H and O–H groups in total. The Morgan fingerprint density at radius 2 is 2.07 bits per heavy atom. The SMILES string of the molecule is COC(=O)c1c(NC(=O)CNc2cccc(C#N)c2)sc2c1CCCCC2. The predicted molar refractivity (Wildman–Crippen MR) is 105 cm³/mol. The van der Waals surface area contributed by atoms with Crippen LogP contribution in [0, 0.1) is 11.3 Å². The van der Waals surface area contributed by atoms with E-state index in [-0.39, 0.29) is 12.5 Å². The van der Waals surface area contributed by atoms with Crippen molar-refractivity contribution < 1.29 is 14.3 Å². The number of fused-ring (bicyclic) bond motifs is 1. The molecule has 1 heterocycles. The summed E-state index contributed by atoms with van der Waals surface area (Å²) in [5.74, 6) is -0.654. The Kier molecular flexibility index (Phi) is 6.09. The number of esters is 1. The zero-order valence-corrected chi connectivity index (χ0v) is 15.9. The van der Waals surface area contributed by atoms with Gasteiger partial charge >= 0.3 is 5.97 Å². The van der Waals surface area contributed by atoms with Crippen molar-refractivity contribution in [2.75, 3.05) is 24.3 Å². The number of carbonyl (C=O) groups is 2. The fraction of sp³-hybridized carbons (Fsp3) is 0.350. The van der Waals surface area contributed by atoms with E-state index < -0.39 is 5.97 Å². The lowest BCUT2D eigenvalue weighted by Crippen LogP contribution is -2.22. The number of hydrogen-bond donors (Lipinski definition) is 2. The van der Waals surface area contributed by atoms with Gasteiger partial charge in [0.2, 0.25) is 5.91 Å². The van der Waals surface area contributed by atoms with Crippen molar-refractivity contribution in [2.45, 2.75) is 32.1 Å². The van der Waals surface area contributed by atoms with Crippen LogP contribution in [0.3, 0.4) is 0 Å². The number of benzene rings is 1. The second kappa shape index (κ2) is 8.69. The molecule has 1 amide bonds. The topological polar surface area (TPSA) is 91.2 Å². The number of carbonyl (C=O) groups excluding carboxylic acids is 2. The lowest BCUT2D eigenvalue weighted by atomic mass is 10.1. The first-order valence-corrected chi connectivity index (χ1v) is 9.70. The number of nitriles is 1. The summed E-state index contributed by atoms with van der Waals surface area (Å²) in [5.41, 5.74) is 2.74. The highest BCUT2D eigenvalue weighted by Gasteiger charge is 2.26. The van der Waals surface area contributed by atoms with Gasteiger partial charge in [0.1, 0.15) is 5.00 Å². The molecule has 0 spiro atoms. The number of nitrogens with one attached hydrogen (secondary N) is 2. The third kappa shape index (κ3) is 4.47. The first kappa shape index (κ1) is 18.9. The highest BCUT2D eigenvalue weighted by atomic mass is 32.1. The minimum Gasteiger partial charge on any atom is -0.465 e. The lowest BCUT2D eigenvalue weighted by molar-refractivity contribution is -0.114. The normalized spacial score (nSPS) is 13.0. The molecule has 1 aliphatic carbocycles. The second-order valence-electron chi connectivity index (χ2n) is 6.35. The average Bonchev–Trinajstić information content (AvgIpc) is 2.86. The number of rotatable bonds is 5. The molecule has 3 rings (SSSR count). The van der Waals surface area contributed by atoms with Crippen molar-refractivity contribution in [3.63, 3.8) is 0 Å². The minimum atomic E-state index is -0.403. The van der Waals surface area contributed by atoms with Crippen LogP contribution in [0.15, 0.2) is 24.3 Å². The van der Waals surface area contributed by atoms with Crippen LogP contribution in [0.25, 0.3) is 0 Å². The van der Waals surface area contributed by atoms with Gasteiger partial charge in [-0.25, -0.2) is 4.79 Å². The van der Waals surface area contributed by atoms with Gasteiger partial charge in [0.05, 0.1) is 30.9 Å². The van der Waals surface area contributed by atoms with Crippen LogP contribution in [0.5, 0.6) is 0 Å². The average molecular weight is 383 g/mol. The number of amides is 1. The summed E-state index contributed by atoms with van der Waals surface area (Å²) < 4.78 is 4.95. The van der Waals surface area contributed by atoms with Crippen LogP contribution in [-0.4, -0.2) is 25.5 Å². The number of ether oxygens (including phenoxy) is 1. The molecule has 2 aromatic rings. The fourth-order valence-electron chi connectivity index (χ4n) is 3.20. The molecule has 0 bridgehead atoms. The lowest BCUT2D eigenvalue weighted by Gasteiger charge is -2.09. The smallest absolute Gasteiger partial charge is 0.341 e. The van der Waals surface area contributed by atoms with Crippen LogP contribution in [0.4, 0.5) is 10.7 Å². The summed E-state index contributed by atoms with van der Waals surface area (Å²) in [5, 5.41) is 15.4. The van der Waals surface area contributed by atoms with Gasteiger partial charge in [-0.15, -0.1) is 11.3 Å². The number of aryl methyl sites for hydroxylation is 1. The molecule has 0 aliphatic heterocycles. The Bertz CT molecular complexity index is 898. The molecule has 1 aliphatic rings. The van der Waals surface area contributed by atoms with Crippen LogP contribution in [-0.2, 0) is 22.4 Å². The van der Waals surface area contributed by atoms with E-state index in [2.05, 4.69) is 16.7 Å². The summed E-state index contributed by atoms with van der Waals surface area (Å²) in [7, 11) is 1.36. The largest absolute Gasteiger partial charge is 0.465 e. The highest BCUT2D eigenvalue weighted by Crippen LogP contribution is 2.37. The Morgan fingerprint density at radius 3 is 2.85 bits per heavy atom. The van der Waals surface area contributed by atoms with Crippen LogP contribution in [0.1, 0.15) is 45.6 Å². The zero-order valence-electron chi connectivity index (χ0n) is 15.1. The van der Waals surface area contributed by atoms with E-state index in [0.717, 1.165) is 42.5 Å². The number of nitrogens with zero attached hydrogens (tertiary/aromatic N) is 1. The molecule has 0 fully saturated rings. The van der Waals surface area contributed by atoms with E-state index in [4.69, 9.17) is 10.00 Å². The molecule has 0 radical (unpaired) electrons. The van der Waals surface area contributed by atoms with Crippen molar-refractivity contribution in [3.8, 4) is 6.07 Å². The van der Waals surface area contributed by atoms with Gasteiger partial charge in [0.15, 0.2) is 0 Å². The molecular weight excluding hydrogens is 362 g/mol. The molecule has 0 unspecified atom stereocenters. The van der Waals surface area contributed by atoms with Crippen LogP contribution in [0.2, 0.25) is 0 Å². The summed E-state index contributed by atoms with van der Waals surface area (Å²) in [6.07, 6.45) is 5.05. The van der Waals surface area contributed by atoms with Crippen molar-refractivity contribution in [3.05, 3.63) is 45.8 Å². The van der Waals surface area contributed by atoms with Gasteiger partial charge in [-0.2, -0.15) is 5.26 Å². The second-order valence-corrected chi connectivity index (χ2v) is 7.46. The summed E-state index contributed by atoms with van der Waals surface area (Å²) in [6, 6.07) is 8.99. The molecule has 0 saturated heterocycles. The summed E-state index contributed by atoms with van der Waals surface area (Å²) >= 11 is 1.47. The molecule has 140 valence electrons. The minimum absolute atomic E-state index is 0.0397. The Labute approximate surface area is 162 Å².